The van der Waals surface area contributed by atoms with Crippen LogP contribution in [-0.2, 0) is 16.1 Å². The number of benzene rings is 1. The Labute approximate surface area is 152 Å². The average molecular weight is 356 g/mol. The van der Waals surface area contributed by atoms with Gasteiger partial charge in [0.15, 0.2) is 0 Å². The standard InChI is InChI=1S/C19H24N4O3/c1-13(2)23-12-16(9-20-23)21-19(25)15-8-18(24)22(11-15)10-14-6-4-5-7-17(14)26-3/h4-7,9,12-13,15H,8,10-11H2,1-3H3,(H,21,25). The van der Waals surface area contributed by atoms with Gasteiger partial charge in [0.05, 0.1) is 24.9 Å². The second kappa shape index (κ2) is 7.59. The van der Waals surface area contributed by atoms with Gasteiger partial charge in [-0.3, -0.25) is 14.3 Å². The Morgan fingerprint density at radius 2 is 2.15 bits per heavy atom. The zero-order valence-corrected chi connectivity index (χ0v) is 15.3. The first-order valence-corrected chi connectivity index (χ1v) is 8.72. The molecule has 1 aromatic heterocycles. The monoisotopic (exact) mass is 356 g/mol. The number of ether oxygens (including phenoxy) is 1. The van der Waals surface area contributed by atoms with E-state index in [2.05, 4.69) is 10.4 Å². The summed E-state index contributed by atoms with van der Waals surface area (Å²) in [6.45, 7) is 4.88. The van der Waals surface area contributed by atoms with Gasteiger partial charge in [-0.15, -0.1) is 0 Å². The molecule has 1 N–H and O–H groups in total. The van der Waals surface area contributed by atoms with E-state index in [9.17, 15) is 9.59 Å². The number of methoxy groups -OCH3 is 1. The Morgan fingerprint density at radius 1 is 1.38 bits per heavy atom. The minimum absolute atomic E-state index is 0.0195. The predicted molar refractivity (Wildman–Crippen MR) is 97.8 cm³/mol. The highest BCUT2D eigenvalue weighted by atomic mass is 16.5. The molecule has 7 heteroatoms. The van der Waals surface area contributed by atoms with Gasteiger partial charge in [-0.2, -0.15) is 5.10 Å². The van der Waals surface area contributed by atoms with Crippen molar-refractivity contribution in [3.05, 3.63) is 42.2 Å². The van der Waals surface area contributed by atoms with E-state index in [-0.39, 0.29) is 30.2 Å². The third-order valence-corrected chi connectivity index (χ3v) is 4.54. The van der Waals surface area contributed by atoms with Gasteiger partial charge in [0, 0.05) is 37.3 Å². The van der Waals surface area contributed by atoms with Crippen molar-refractivity contribution in [1.29, 1.82) is 0 Å². The summed E-state index contributed by atoms with van der Waals surface area (Å²) in [5.41, 5.74) is 1.59. The van der Waals surface area contributed by atoms with Crippen LogP contribution < -0.4 is 10.1 Å². The first-order chi connectivity index (χ1) is 12.5. The van der Waals surface area contributed by atoms with E-state index < -0.39 is 0 Å². The van der Waals surface area contributed by atoms with Gasteiger partial charge in [0.2, 0.25) is 11.8 Å². The lowest BCUT2D eigenvalue weighted by Gasteiger charge is -2.18. The average Bonchev–Trinajstić information content (AvgIpc) is 3.23. The van der Waals surface area contributed by atoms with Crippen molar-refractivity contribution in [2.45, 2.75) is 32.9 Å². The molecule has 1 aliphatic rings. The maximum Gasteiger partial charge on any atom is 0.229 e. The van der Waals surface area contributed by atoms with Crippen LogP contribution in [0.1, 0.15) is 31.9 Å². The van der Waals surface area contributed by atoms with Crippen molar-refractivity contribution >= 4 is 17.5 Å². The molecular weight excluding hydrogens is 332 g/mol. The number of para-hydroxylation sites is 1. The topological polar surface area (TPSA) is 76.5 Å². The van der Waals surface area contributed by atoms with Gasteiger partial charge >= 0.3 is 0 Å². The van der Waals surface area contributed by atoms with E-state index in [0.717, 1.165) is 11.3 Å². The molecular formula is C19H24N4O3. The van der Waals surface area contributed by atoms with Crippen LogP contribution in [0, 0.1) is 5.92 Å². The number of rotatable bonds is 6. The minimum Gasteiger partial charge on any atom is -0.496 e. The fourth-order valence-electron chi connectivity index (χ4n) is 3.07. The molecule has 1 saturated heterocycles. The summed E-state index contributed by atoms with van der Waals surface area (Å²) < 4.78 is 7.12. The lowest BCUT2D eigenvalue weighted by Crippen LogP contribution is -2.28. The number of hydrogen-bond acceptors (Lipinski definition) is 4. The van der Waals surface area contributed by atoms with Gasteiger partial charge in [0.1, 0.15) is 5.75 Å². The summed E-state index contributed by atoms with van der Waals surface area (Å²) >= 11 is 0. The molecule has 26 heavy (non-hydrogen) atoms. The molecule has 1 aliphatic heterocycles. The zero-order valence-electron chi connectivity index (χ0n) is 15.3. The van der Waals surface area contributed by atoms with Crippen LogP contribution in [-0.4, -0.2) is 40.1 Å². The van der Waals surface area contributed by atoms with E-state index in [1.807, 2.05) is 38.1 Å². The highest BCUT2D eigenvalue weighted by molar-refractivity contribution is 5.97. The molecule has 0 aliphatic carbocycles. The van der Waals surface area contributed by atoms with Gasteiger partial charge < -0.3 is 15.0 Å². The molecule has 138 valence electrons. The molecule has 1 unspecified atom stereocenters. The third kappa shape index (κ3) is 3.87. The fraction of sp³-hybridized carbons (Fsp3) is 0.421. The number of carbonyl (C=O) groups is 2. The van der Waals surface area contributed by atoms with Crippen LogP contribution in [0.25, 0.3) is 0 Å². The molecule has 2 aromatic rings. The maximum atomic E-state index is 12.5. The predicted octanol–water partition coefficient (Wildman–Crippen LogP) is 2.46. The SMILES string of the molecule is COc1ccccc1CN1CC(C(=O)Nc2cnn(C(C)C)c2)CC1=O. The number of anilines is 1. The van der Waals surface area contributed by atoms with Crippen molar-refractivity contribution < 1.29 is 14.3 Å². The Morgan fingerprint density at radius 3 is 2.85 bits per heavy atom. The third-order valence-electron chi connectivity index (χ3n) is 4.54. The van der Waals surface area contributed by atoms with Crippen LogP contribution in [0.5, 0.6) is 5.75 Å². The van der Waals surface area contributed by atoms with Crippen molar-refractivity contribution in [3.63, 3.8) is 0 Å². The summed E-state index contributed by atoms with van der Waals surface area (Å²) in [7, 11) is 1.61. The number of nitrogens with one attached hydrogen (secondary N) is 1. The molecule has 0 saturated carbocycles. The van der Waals surface area contributed by atoms with Crippen molar-refractivity contribution in [2.75, 3.05) is 19.0 Å². The molecule has 0 bridgehead atoms. The molecule has 3 rings (SSSR count). The highest BCUT2D eigenvalue weighted by Crippen LogP contribution is 2.25. The number of nitrogens with zero attached hydrogens (tertiary/aromatic N) is 3. The molecule has 1 aromatic carbocycles. The first-order valence-electron chi connectivity index (χ1n) is 8.72. The molecule has 2 heterocycles. The van der Waals surface area contributed by atoms with Crippen molar-refractivity contribution in [3.8, 4) is 5.75 Å². The number of aromatic nitrogens is 2. The molecule has 1 fully saturated rings. The second-order valence-electron chi connectivity index (χ2n) is 6.78. The van der Waals surface area contributed by atoms with Gasteiger partial charge in [0.25, 0.3) is 0 Å². The Kier molecular flexibility index (Phi) is 5.25. The van der Waals surface area contributed by atoms with Gasteiger partial charge in [-0.1, -0.05) is 18.2 Å². The number of hydrogen-bond donors (Lipinski definition) is 1. The lowest BCUT2D eigenvalue weighted by molar-refractivity contribution is -0.128. The van der Waals surface area contributed by atoms with E-state index in [1.165, 1.54) is 0 Å². The fourth-order valence-corrected chi connectivity index (χ4v) is 3.07. The number of carbonyl (C=O) groups excluding carboxylic acids is 2. The largest absolute Gasteiger partial charge is 0.496 e. The van der Waals surface area contributed by atoms with Gasteiger partial charge in [-0.25, -0.2) is 0 Å². The Balaban J connectivity index is 1.62. The normalized spacial score (nSPS) is 17.0. The van der Waals surface area contributed by atoms with Crippen molar-refractivity contribution in [2.24, 2.45) is 5.92 Å². The summed E-state index contributed by atoms with van der Waals surface area (Å²) in [6.07, 6.45) is 3.65. The quantitative estimate of drug-likeness (QED) is 0.863. The second-order valence-corrected chi connectivity index (χ2v) is 6.78. The Bertz CT molecular complexity index is 800. The summed E-state index contributed by atoms with van der Waals surface area (Å²) in [5.74, 6) is 0.215. The van der Waals surface area contributed by atoms with Crippen LogP contribution in [0.15, 0.2) is 36.7 Å². The number of amides is 2. The highest BCUT2D eigenvalue weighted by Gasteiger charge is 2.34. The molecule has 0 spiro atoms. The lowest BCUT2D eigenvalue weighted by atomic mass is 10.1. The molecule has 2 amide bonds. The first kappa shape index (κ1) is 18.0. The van der Waals surface area contributed by atoms with Crippen LogP contribution >= 0.6 is 0 Å². The maximum absolute atomic E-state index is 12.5. The zero-order chi connectivity index (χ0) is 18.7. The van der Waals surface area contributed by atoms with Crippen LogP contribution in [0.4, 0.5) is 5.69 Å². The minimum atomic E-state index is -0.361. The number of likely N-dealkylation sites (tertiary alicyclic amines) is 1. The summed E-state index contributed by atoms with van der Waals surface area (Å²) in [4.78, 5) is 26.5. The molecule has 0 radical (unpaired) electrons. The summed E-state index contributed by atoms with van der Waals surface area (Å²) in [5, 5.41) is 7.07. The smallest absolute Gasteiger partial charge is 0.229 e. The van der Waals surface area contributed by atoms with Gasteiger partial charge in [-0.05, 0) is 19.9 Å². The van der Waals surface area contributed by atoms with Crippen molar-refractivity contribution in [1.82, 2.24) is 14.7 Å². The Hall–Kier alpha value is -2.83. The van der Waals surface area contributed by atoms with Crippen LogP contribution in [0.3, 0.4) is 0 Å². The van der Waals surface area contributed by atoms with E-state index in [4.69, 9.17) is 4.74 Å². The van der Waals surface area contributed by atoms with E-state index in [0.29, 0.717) is 18.8 Å². The summed E-state index contributed by atoms with van der Waals surface area (Å²) in [6, 6.07) is 7.83. The van der Waals surface area contributed by atoms with E-state index in [1.54, 1.807) is 29.1 Å². The molecule has 1 atom stereocenters. The molecule has 7 nitrogen and oxygen atoms in total. The van der Waals surface area contributed by atoms with Crippen LogP contribution in [0.2, 0.25) is 0 Å². The van der Waals surface area contributed by atoms with E-state index >= 15 is 0 Å².